The molecule has 32 heavy (non-hydrogen) atoms. The Labute approximate surface area is 186 Å². The summed E-state index contributed by atoms with van der Waals surface area (Å²) in [5, 5.41) is 32.8. The van der Waals surface area contributed by atoms with E-state index in [0.29, 0.717) is 0 Å². The molecule has 4 amide bonds. The van der Waals surface area contributed by atoms with Crippen LogP contribution in [0.15, 0.2) is 0 Å². The highest BCUT2D eigenvalue weighted by Gasteiger charge is 2.32. The van der Waals surface area contributed by atoms with Crippen molar-refractivity contribution in [2.24, 2.45) is 11.5 Å². The van der Waals surface area contributed by atoms with Crippen LogP contribution in [0.2, 0.25) is 0 Å². The number of rotatable bonds is 15. The molecule has 0 aliphatic heterocycles. The van der Waals surface area contributed by atoms with E-state index in [9.17, 15) is 33.6 Å². The SMILES string of the molecule is NC(=O)CCC(NC(=O)C(N)CS)C(=O)NC(CC(=O)O)C(=O)NC(CC(=O)O)C(=O)O. The third kappa shape index (κ3) is 11.1. The lowest BCUT2D eigenvalue weighted by atomic mass is 10.1. The molecule has 0 aliphatic rings. The molecular formula is C16H25N5O10S. The average molecular weight is 479 g/mol. The van der Waals surface area contributed by atoms with Gasteiger partial charge in [-0.05, 0) is 6.42 Å². The highest BCUT2D eigenvalue weighted by Crippen LogP contribution is 2.03. The molecule has 4 unspecified atom stereocenters. The number of hydrogen-bond acceptors (Lipinski definition) is 9. The molecule has 0 saturated carbocycles. The number of carbonyl (C=O) groups is 7. The number of thiol groups is 1. The Morgan fingerprint density at radius 1 is 0.750 bits per heavy atom. The van der Waals surface area contributed by atoms with Crippen LogP contribution in [-0.2, 0) is 33.6 Å². The van der Waals surface area contributed by atoms with Crippen LogP contribution in [0.5, 0.6) is 0 Å². The van der Waals surface area contributed by atoms with Gasteiger partial charge in [-0.2, -0.15) is 12.6 Å². The van der Waals surface area contributed by atoms with Crippen molar-refractivity contribution in [2.75, 3.05) is 5.75 Å². The fraction of sp³-hybridized carbons (Fsp3) is 0.562. The van der Waals surface area contributed by atoms with Crippen molar-refractivity contribution in [3.8, 4) is 0 Å². The lowest BCUT2D eigenvalue weighted by Crippen LogP contribution is -2.57. The fourth-order valence-corrected chi connectivity index (χ4v) is 2.39. The quantitative estimate of drug-likeness (QED) is 0.102. The normalized spacial score (nSPS) is 14.2. The number of nitrogens with one attached hydrogen (secondary N) is 3. The van der Waals surface area contributed by atoms with E-state index in [1.807, 2.05) is 10.6 Å². The summed E-state index contributed by atoms with van der Waals surface area (Å²) in [6.07, 6.45) is -2.67. The maximum Gasteiger partial charge on any atom is 0.326 e. The molecule has 15 nitrogen and oxygen atoms in total. The minimum Gasteiger partial charge on any atom is -0.481 e. The summed E-state index contributed by atoms with van der Waals surface area (Å²) >= 11 is 3.84. The molecule has 0 spiro atoms. The number of carboxylic acid groups (broad SMARTS) is 3. The Morgan fingerprint density at radius 3 is 1.62 bits per heavy atom. The minimum atomic E-state index is -1.90. The van der Waals surface area contributed by atoms with E-state index in [-0.39, 0.29) is 18.6 Å². The molecule has 0 aliphatic carbocycles. The third-order valence-electron chi connectivity index (χ3n) is 3.85. The van der Waals surface area contributed by atoms with Crippen molar-refractivity contribution < 1.29 is 48.9 Å². The van der Waals surface area contributed by atoms with Crippen molar-refractivity contribution in [2.45, 2.75) is 49.9 Å². The van der Waals surface area contributed by atoms with Crippen molar-refractivity contribution in [1.82, 2.24) is 16.0 Å². The van der Waals surface area contributed by atoms with Crippen LogP contribution in [0.3, 0.4) is 0 Å². The minimum absolute atomic E-state index is 0.0831. The van der Waals surface area contributed by atoms with E-state index < -0.39 is 78.5 Å². The van der Waals surface area contributed by atoms with Crippen LogP contribution in [-0.4, -0.2) is 86.8 Å². The van der Waals surface area contributed by atoms with Crippen molar-refractivity contribution >= 4 is 54.2 Å². The summed E-state index contributed by atoms with van der Waals surface area (Å²) in [7, 11) is 0. The molecule has 0 fully saturated rings. The molecule has 0 saturated heterocycles. The zero-order valence-electron chi connectivity index (χ0n) is 16.6. The zero-order chi connectivity index (χ0) is 25.0. The molecule has 0 radical (unpaired) electrons. The van der Waals surface area contributed by atoms with Gasteiger partial charge in [0, 0.05) is 12.2 Å². The van der Waals surface area contributed by atoms with Crippen LogP contribution in [0.1, 0.15) is 25.7 Å². The van der Waals surface area contributed by atoms with E-state index in [4.69, 9.17) is 26.8 Å². The van der Waals surface area contributed by atoms with Gasteiger partial charge in [-0.15, -0.1) is 0 Å². The van der Waals surface area contributed by atoms with Gasteiger partial charge in [-0.1, -0.05) is 0 Å². The van der Waals surface area contributed by atoms with Crippen molar-refractivity contribution in [1.29, 1.82) is 0 Å². The number of hydrogen-bond donors (Lipinski definition) is 9. The van der Waals surface area contributed by atoms with Crippen LogP contribution in [0.25, 0.3) is 0 Å². The lowest BCUT2D eigenvalue weighted by molar-refractivity contribution is -0.148. The van der Waals surface area contributed by atoms with Gasteiger partial charge in [0.1, 0.15) is 18.1 Å². The van der Waals surface area contributed by atoms with E-state index in [1.54, 1.807) is 0 Å². The predicted molar refractivity (Wildman–Crippen MR) is 108 cm³/mol. The number of carbonyl (C=O) groups excluding carboxylic acids is 4. The van der Waals surface area contributed by atoms with Crippen LogP contribution in [0.4, 0.5) is 0 Å². The Bertz CT molecular complexity index is 761. The summed E-state index contributed by atoms with van der Waals surface area (Å²) in [4.78, 5) is 80.9. The summed E-state index contributed by atoms with van der Waals surface area (Å²) in [6, 6.07) is -6.29. The predicted octanol–water partition coefficient (Wildman–Crippen LogP) is -4.00. The van der Waals surface area contributed by atoms with Crippen LogP contribution >= 0.6 is 12.6 Å². The second-order valence-corrected chi connectivity index (χ2v) is 6.88. The molecule has 4 atom stereocenters. The Kier molecular flexibility index (Phi) is 12.3. The summed E-state index contributed by atoms with van der Waals surface area (Å²) < 4.78 is 0. The van der Waals surface area contributed by atoms with Crippen molar-refractivity contribution in [3.05, 3.63) is 0 Å². The first-order chi connectivity index (χ1) is 14.8. The Hall–Kier alpha value is -3.40. The van der Waals surface area contributed by atoms with E-state index in [2.05, 4.69) is 17.9 Å². The third-order valence-corrected chi connectivity index (χ3v) is 4.24. The topological polar surface area (TPSA) is 268 Å². The van der Waals surface area contributed by atoms with Crippen LogP contribution in [0, 0.1) is 0 Å². The van der Waals surface area contributed by atoms with Gasteiger partial charge in [-0.25, -0.2) is 4.79 Å². The maximum atomic E-state index is 12.6. The lowest BCUT2D eigenvalue weighted by Gasteiger charge is -2.24. The van der Waals surface area contributed by atoms with Gasteiger partial charge in [0.15, 0.2) is 0 Å². The van der Waals surface area contributed by atoms with Crippen molar-refractivity contribution in [3.63, 3.8) is 0 Å². The first-order valence-electron chi connectivity index (χ1n) is 9.00. The molecular weight excluding hydrogens is 454 g/mol. The number of aliphatic carboxylic acids is 3. The first kappa shape index (κ1) is 28.6. The standard InChI is InChI=1S/C16H25N5O10S/c17-6(5-32)13(27)19-7(1-2-10(18)22)14(28)20-8(3-11(23)24)15(29)21-9(16(30)31)4-12(25)26/h6-9,32H,1-5,17H2,(H2,18,22)(H,19,27)(H,20,28)(H,21,29)(H,23,24)(H,25,26)(H,30,31). The molecule has 0 bridgehead atoms. The molecule has 0 aromatic rings. The fourth-order valence-electron chi connectivity index (χ4n) is 2.22. The largest absolute Gasteiger partial charge is 0.481 e. The number of nitrogens with two attached hydrogens (primary N) is 2. The van der Waals surface area contributed by atoms with E-state index >= 15 is 0 Å². The number of carboxylic acids is 3. The van der Waals surface area contributed by atoms with Gasteiger partial charge in [-0.3, -0.25) is 28.8 Å². The number of amides is 4. The first-order valence-corrected chi connectivity index (χ1v) is 9.63. The Morgan fingerprint density at radius 2 is 1.19 bits per heavy atom. The number of primary amides is 1. The Balaban J connectivity index is 5.55. The van der Waals surface area contributed by atoms with Crippen LogP contribution < -0.4 is 27.4 Å². The second kappa shape index (κ2) is 13.8. The second-order valence-electron chi connectivity index (χ2n) is 6.51. The van der Waals surface area contributed by atoms with Gasteiger partial charge in [0.2, 0.25) is 23.6 Å². The summed E-state index contributed by atoms with van der Waals surface area (Å²) in [5.74, 6) is -8.89. The smallest absolute Gasteiger partial charge is 0.326 e. The monoisotopic (exact) mass is 479 g/mol. The summed E-state index contributed by atoms with van der Waals surface area (Å²) in [6.45, 7) is 0. The molecule has 180 valence electrons. The molecule has 16 heteroatoms. The van der Waals surface area contributed by atoms with Gasteiger partial charge in [0.25, 0.3) is 0 Å². The molecule has 0 aromatic carbocycles. The molecule has 0 rings (SSSR count). The highest BCUT2D eigenvalue weighted by molar-refractivity contribution is 7.80. The summed E-state index contributed by atoms with van der Waals surface area (Å²) in [5.41, 5.74) is 10.5. The van der Waals surface area contributed by atoms with Gasteiger partial charge >= 0.3 is 17.9 Å². The maximum absolute atomic E-state index is 12.6. The molecule has 10 N–H and O–H groups in total. The van der Waals surface area contributed by atoms with Gasteiger partial charge < -0.3 is 42.7 Å². The van der Waals surface area contributed by atoms with Gasteiger partial charge in [0.05, 0.1) is 18.9 Å². The molecule has 0 aromatic heterocycles. The zero-order valence-corrected chi connectivity index (χ0v) is 17.5. The van der Waals surface area contributed by atoms with E-state index in [1.165, 1.54) is 0 Å². The molecule has 0 heterocycles. The van der Waals surface area contributed by atoms with E-state index in [0.717, 1.165) is 0 Å². The average Bonchev–Trinajstić information content (AvgIpc) is 2.67. The highest BCUT2D eigenvalue weighted by atomic mass is 32.1.